The molecule has 2 heterocycles. The summed E-state index contributed by atoms with van der Waals surface area (Å²) in [6, 6.07) is 1.57. The van der Waals surface area contributed by atoms with Gasteiger partial charge in [0.1, 0.15) is 10.2 Å². The first-order valence-electron chi connectivity index (χ1n) is 7.18. The maximum absolute atomic E-state index is 12.2. The zero-order valence-corrected chi connectivity index (χ0v) is 14.6. The molecule has 5 nitrogen and oxygen atoms in total. The van der Waals surface area contributed by atoms with Crippen molar-refractivity contribution in [1.82, 2.24) is 9.88 Å². The third-order valence-electron chi connectivity index (χ3n) is 3.16. The first-order chi connectivity index (χ1) is 10.3. The Balaban J connectivity index is 2.12. The average Bonchev–Trinajstić information content (AvgIpc) is 2.84. The van der Waals surface area contributed by atoms with Crippen molar-refractivity contribution >= 4 is 27.7 Å². The highest BCUT2D eigenvalue weighted by atomic mass is 79.9. The molecule has 1 atom stereocenters. The summed E-state index contributed by atoms with van der Waals surface area (Å²) in [7, 11) is 0. The van der Waals surface area contributed by atoms with Crippen LogP contribution in [0.1, 0.15) is 39.2 Å². The van der Waals surface area contributed by atoms with Crippen molar-refractivity contribution in [2.75, 3.05) is 12.3 Å². The molecule has 6 heteroatoms. The lowest BCUT2D eigenvalue weighted by molar-refractivity contribution is 0.0261. The highest BCUT2D eigenvalue weighted by molar-refractivity contribution is 9.10. The van der Waals surface area contributed by atoms with Gasteiger partial charge in [-0.2, -0.15) is 0 Å². The first kappa shape index (κ1) is 16.6. The van der Waals surface area contributed by atoms with Gasteiger partial charge in [-0.05, 0) is 55.6 Å². The maximum atomic E-state index is 12.2. The summed E-state index contributed by atoms with van der Waals surface area (Å²) in [5.74, 6) is 6.14. The van der Waals surface area contributed by atoms with Crippen LogP contribution in [0, 0.1) is 11.8 Å². The Kier molecular flexibility index (Phi) is 4.97. The molecule has 0 aromatic carbocycles. The second kappa shape index (κ2) is 6.57. The fraction of sp³-hybridized carbons (Fsp3) is 0.500. The number of nitrogens with two attached hydrogens (primary N) is 1. The Morgan fingerprint density at radius 2 is 2.27 bits per heavy atom. The number of halogens is 1. The van der Waals surface area contributed by atoms with Crippen molar-refractivity contribution in [1.29, 1.82) is 0 Å². The molecule has 0 aliphatic carbocycles. The van der Waals surface area contributed by atoms with E-state index in [1.54, 1.807) is 17.2 Å². The molecule has 0 spiro atoms. The molecular formula is C16H20BrN3O2. The number of rotatable bonds is 0. The fourth-order valence-corrected chi connectivity index (χ4v) is 2.51. The summed E-state index contributed by atoms with van der Waals surface area (Å²) >= 11 is 3.26. The molecule has 1 aliphatic rings. The van der Waals surface area contributed by atoms with Gasteiger partial charge < -0.3 is 10.5 Å². The predicted molar refractivity (Wildman–Crippen MR) is 89.2 cm³/mol. The monoisotopic (exact) mass is 365 g/mol. The lowest BCUT2D eigenvalue weighted by atomic mass is 10.2. The lowest BCUT2D eigenvalue weighted by Crippen LogP contribution is -2.39. The number of amides is 1. The van der Waals surface area contributed by atoms with Crippen molar-refractivity contribution in [2.24, 2.45) is 0 Å². The standard InChI is InChI=1S/C16H20BrN3O2/c1-16(2,3)22-15(21)20-8-4-5-12(20)7-6-11-10-19-14(17)9-13(11)18/h9-10,12H,4-5,8H2,1-3H3,(H2,18,19). The van der Waals surface area contributed by atoms with E-state index >= 15 is 0 Å². The van der Waals surface area contributed by atoms with Gasteiger partial charge in [-0.1, -0.05) is 11.8 Å². The smallest absolute Gasteiger partial charge is 0.411 e. The number of hydrogen-bond acceptors (Lipinski definition) is 4. The second-order valence-electron chi connectivity index (χ2n) is 6.20. The molecule has 1 saturated heterocycles. The van der Waals surface area contributed by atoms with Crippen LogP contribution in [0.3, 0.4) is 0 Å². The summed E-state index contributed by atoms with van der Waals surface area (Å²) in [6.45, 7) is 6.24. The van der Waals surface area contributed by atoms with Gasteiger partial charge in [0.15, 0.2) is 0 Å². The van der Waals surface area contributed by atoms with Gasteiger partial charge >= 0.3 is 6.09 Å². The zero-order chi connectivity index (χ0) is 16.3. The Labute approximate surface area is 139 Å². The minimum Gasteiger partial charge on any atom is -0.444 e. The summed E-state index contributed by atoms with van der Waals surface area (Å²) in [6.07, 6.45) is 3.08. The summed E-state index contributed by atoms with van der Waals surface area (Å²) in [5.41, 5.74) is 6.64. The Morgan fingerprint density at radius 1 is 1.55 bits per heavy atom. The van der Waals surface area contributed by atoms with Crippen LogP contribution in [0.15, 0.2) is 16.9 Å². The van der Waals surface area contributed by atoms with Gasteiger partial charge in [0.25, 0.3) is 0 Å². The van der Waals surface area contributed by atoms with Crippen LogP contribution in [0.5, 0.6) is 0 Å². The van der Waals surface area contributed by atoms with Crippen LogP contribution in [-0.2, 0) is 4.74 Å². The van der Waals surface area contributed by atoms with Crippen LogP contribution in [0.4, 0.5) is 10.5 Å². The topological polar surface area (TPSA) is 68.5 Å². The minimum absolute atomic E-state index is 0.141. The number of nitrogen functional groups attached to an aromatic ring is 1. The number of carbonyl (C=O) groups excluding carboxylic acids is 1. The Bertz CT molecular complexity index is 629. The average molecular weight is 366 g/mol. The fourth-order valence-electron chi connectivity index (χ4n) is 2.17. The zero-order valence-electron chi connectivity index (χ0n) is 13.0. The van der Waals surface area contributed by atoms with E-state index in [9.17, 15) is 4.79 Å². The molecule has 2 rings (SSSR count). The van der Waals surface area contributed by atoms with E-state index in [4.69, 9.17) is 10.5 Å². The van der Waals surface area contributed by atoms with Crippen molar-refractivity contribution < 1.29 is 9.53 Å². The van der Waals surface area contributed by atoms with Crippen LogP contribution >= 0.6 is 15.9 Å². The predicted octanol–water partition coefficient (Wildman–Crippen LogP) is 3.18. The number of nitrogens with zero attached hydrogens (tertiary/aromatic N) is 2. The highest BCUT2D eigenvalue weighted by Gasteiger charge is 2.31. The molecule has 1 aromatic rings. The van der Waals surface area contributed by atoms with Gasteiger partial charge in [0.05, 0.1) is 17.3 Å². The maximum Gasteiger partial charge on any atom is 0.411 e. The van der Waals surface area contributed by atoms with Gasteiger partial charge in [-0.3, -0.25) is 4.90 Å². The van der Waals surface area contributed by atoms with Crippen LogP contribution in [0.2, 0.25) is 0 Å². The molecule has 0 saturated carbocycles. The minimum atomic E-state index is -0.502. The van der Waals surface area contributed by atoms with Crippen LogP contribution in [0.25, 0.3) is 0 Å². The molecule has 0 radical (unpaired) electrons. The summed E-state index contributed by atoms with van der Waals surface area (Å²) in [5, 5.41) is 0. The number of aromatic nitrogens is 1. The van der Waals surface area contributed by atoms with E-state index < -0.39 is 5.60 Å². The first-order valence-corrected chi connectivity index (χ1v) is 7.98. The third kappa shape index (κ3) is 4.38. The summed E-state index contributed by atoms with van der Waals surface area (Å²) < 4.78 is 6.09. The van der Waals surface area contributed by atoms with E-state index in [0.717, 1.165) is 12.8 Å². The van der Waals surface area contributed by atoms with Crippen LogP contribution in [-0.4, -0.2) is 34.2 Å². The van der Waals surface area contributed by atoms with Crippen molar-refractivity contribution in [3.05, 3.63) is 22.4 Å². The molecule has 1 fully saturated rings. The number of likely N-dealkylation sites (tertiary alicyclic amines) is 1. The SMILES string of the molecule is CC(C)(C)OC(=O)N1CCCC1C#Cc1cnc(Br)cc1N. The molecule has 2 N–H and O–H groups in total. The molecule has 1 aliphatic heterocycles. The van der Waals surface area contributed by atoms with Crippen molar-refractivity contribution in [2.45, 2.75) is 45.3 Å². The van der Waals surface area contributed by atoms with E-state index in [-0.39, 0.29) is 12.1 Å². The number of hydrogen-bond donors (Lipinski definition) is 1. The molecule has 22 heavy (non-hydrogen) atoms. The number of anilines is 1. The lowest BCUT2D eigenvalue weighted by Gasteiger charge is -2.26. The quantitative estimate of drug-likeness (QED) is 0.566. The Hall–Kier alpha value is -1.74. The second-order valence-corrected chi connectivity index (χ2v) is 7.01. The van der Waals surface area contributed by atoms with Crippen molar-refractivity contribution in [3.63, 3.8) is 0 Å². The van der Waals surface area contributed by atoms with Gasteiger partial charge in [0.2, 0.25) is 0 Å². The van der Waals surface area contributed by atoms with Crippen LogP contribution < -0.4 is 5.73 Å². The number of ether oxygens (including phenoxy) is 1. The Morgan fingerprint density at radius 3 is 2.91 bits per heavy atom. The number of carbonyl (C=O) groups is 1. The van der Waals surface area contributed by atoms with Gasteiger partial charge in [0, 0.05) is 12.7 Å². The third-order valence-corrected chi connectivity index (χ3v) is 3.59. The molecule has 1 unspecified atom stereocenters. The molecule has 118 valence electrons. The van der Waals surface area contributed by atoms with Gasteiger partial charge in [-0.25, -0.2) is 9.78 Å². The van der Waals surface area contributed by atoms with E-state index in [0.29, 0.717) is 22.4 Å². The molecule has 0 bridgehead atoms. The molecular weight excluding hydrogens is 346 g/mol. The summed E-state index contributed by atoms with van der Waals surface area (Å²) in [4.78, 5) is 18.0. The largest absolute Gasteiger partial charge is 0.444 e. The van der Waals surface area contributed by atoms with Crippen molar-refractivity contribution in [3.8, 4) is 11.8 Å². The molecule has 1 aromatic heterocycles. The van der Waals surface area contributed by atoms with Gasteiger partial charge in [-0.15, -0.1) is 0 Å². The van der Waals surface area contributed by atoms with E-state index in [1.807, 2.05) is 20.8 Å². The normalized spacial score (nSPS) is 17.8. The van der Waals surface area contributed by atoms with E-state index in [2.05, 4.69) is 32.8 Å². The van der Waals surface area contributed by atoms with E-state index in [1.165, 1.54) is 0 Å². The number of pyridine rings is 1. The highest BCUT2D eigenvalue weighted by Crippen LogP contribution is 2.21. The molecule has 1 amide bonds.